The molecule has 0 unspecified atom stereocenters. The Morgan fingerprint density at radius 1 is 1.40 bits per heavy atom. The van der Waals surface area contributed by atoms with Crippen LogP contribution in [0.1, 0.15) is 46.5 Å². The van der Waals surface area contributed by atoms with E-state index in [9.17, 15) is 9.59 Å². The minimum Gasteiger partial charge on any atom is -0.458 e. The molecule has 86 valence electrons. The maximum Gasteiger partial charge on any atom is 0.334 e. The van der Waals surface area contributed by atoms with Gasteiger partial charge in [0.15, 0.2) is 11.3 Å². The van der Waals surface area contributed by atoms with Gasteiger partial charge in [-0.1, -0.05) is 6.42 Å². The predicted octanol–water partition coefficient (Wildman–Crippen LogP) is 1.17. The van der Waals surface area contributed by atoms with Crippen molar-refractivity contribution in [3.05, 3.63) is 0 Å². The summed E-state index contributed by atoms with van der Waals surface area (Å²) in [6, 6.07) is 0. The van der Waals surface area contributed by atoms with Crippen molar-refractivity contribution < 1.29 is 14.3 Å². The molecule has 2 N–H and O–H groups in total. The van der Waals surface area contributed by atoms with E-state index in [-0.39, 0.29) is 5.78 Å². The second-order valence-corrected chi connectivity index (χ2v) is 5.10. The van der Waals surface area contributed by atoms with Gasteiger partial charge in [0.1, 0.15) is 5.60 Å². The molecular weight excluding hydrogens is 194 g/mol. The van der Waals surface area contributed by atoms with Crippen molar-refractivity contribution in [2.75, 3.05) is 0 Å². The average molecular weight is 213 g/mol. The van der Waals surface area contributed by atoms with Crippen molar-refractivity contribution in [2.24, 2.45) is 5.73 Å². The van der Waals surface area contributed by atoms with Crippen molar-refractivity contribution >= 4 is 11.8 Å². The van der Waals surface area contributed by atoms with E-state index in [0.717, 1.165) is 12.8 Å². The highest BCUT2D eigenvalue weighted by atomic mass is 16.6. The second kappa shape index (κ2) is 3.93. The first kappa shape index (κ1) is 12.2. The molecule has 0 aliphatic heterocycles. The van der Waals surface area contributed by atoms with Crippen LogP contribution in [-0.2, 0) is 14.3 Å². The molecule has 4 heteroatoms. The number of rotatable bonds is 1. The summed E-state index contributed by atoms with van der Waals surface area (Å²) >= 11 is 0. The Bertz CT molecular complexity index is 280. The highest BCUT2D eigenvalue weighted by Crippen LogP contribution is 2.25. The minimum atomic E-state index is -1.40. The molecule has 1 fully saturated rings. The van der Waals surface area contributed by atoms with E-state index >= 15 is 0 Å². The molecule has 0 heterocycles. The molecule has 0 aromatic carbocycles. The van der Waals surface area contributed by atoms with Gasteiger partial charge in [0.2, 0.25) is 0 Å². The highest BCUT2D eigenvalue weighted by molar-refractivity contribution is 6.08. The third-order valence-corrected chi connectivity index (χ3v) is 2.49. The van der Waals surface area contributed by atoms with Crippen LogP contribution >= 0.6 is 0 Å². The van der Waals surface area contributed by atoms with Crippen LogP contribution in [0, 0.1) is 0 Å². The summed E-state index contributed by atoms with van der Waals surface area (Å²) in [6.45, 7) is 5.30. The molecule has 0 bridgehead atoms. The van der Waals surface area contributed by atoms with Crippen LogP contribution in [0.15, 0.2) is 0 Å². The van der Waals surface area contributed by atoms with Gasteiger partial charge in [-0.25, -0.2) is 4.79 Å². The van der Waals surface area contributed by atoms with Crippen molar-refractivity contribution in [3.63, 3.8) is 0 Å². The number of ketones is 1. The lowest BCUT2D eigenvalue weighted by Crippen LogP contribution is -2.58. The monoisotopic (exact) mass is 213 g/mol. The van der Waals surface area contributed by atoms with E-state index in [0.29, 0.717) is 12.8 Å². The van der Waals surface area contributed by atoms with E-state index < -0.39 is 17.1 Å². The number of hydrogen-bond donors (Lipinski definition) is 1. The van der Waals surface area contributed by atoms with Crippen LogP contribution in [0.4, 0.5) is 0 Å². The highest BCUT2D eigenvalue weighted by Gasteiger charge is 2.45. The van der Waals surface area contributed by atoms with Gasteiger partial charge in [-0.05, 0) is 33.6 Å². The third-order valence-electron chi connectivity index (χ3n) is 2.49. The fourth-order valence-electron chi connectivity index (χ4n) is 1.64. The van der Waals surface area contributed by atoms with Crippen molar-refractivity contribution in [2.45, 2.75) is 57.6 Å². The fourth-order valence-corrected chi connectivity index (χ4v) is 1.64. The first-order chi connectivity index (χ1) is 6.76. The van der Waals surface area contributed by atoms with Crippen molar-refractivity contribution in [3.8, 4) is 0 Å². The predicted molar refractivity (Wildman–Crippen MR) is 56.2 cm³/mol. The van der Waals surface area contributed by atoms with Crippen LogP contribution in [0.5, 0.6) is 0 Å². The zero-order chi connectivity index (χ0) is 11.7. The molecule has 0 spiro atoms. The molecule has 4 nitrogen and oxygen atoms in total. The number of carbonyl (C=O) groups is 2. The quantitative estimate of drug-likeness (QED) is 0.524. The molecule has 1 saturated carbocycles. The molecule has 1 aliphatic carbocycles. The van der Waals surface area contributed by atoms with Gasteiger partial charge in [0.25, 0.3) is 0 Å². The molecule has 0 amide bonds. The molecule has 1 aliphatic rings. The van der Waals surface area contributed by atoms with Gasteiger partial charge in [0, 0.05) is 6.42 Å². The summed E-state index contributed by atoms with van der Waals surface area (Å²) in [5, 5.41) is 0. The summed E-state index contributed by atoms with van der Waals surface area (Å²) in [6.07, 6.45) is 2.42. The SMILES string of the molecule is CC(C)(C)OC(=O)[C@@]1(N)CCCCC1=O. The summed E-state index contributed by atoms with van der Waals surface area (Å²) in [5.41, 5.74) is 3.84. The van der Waals surface area contributed by atoms with Crippen LogP contribution < -0.4 is 5.73 Å². The van der Waals surface area contributed by atoms with Crippen molar-refractivity contribution in [1.29, 1.82) is 0 Å². The van der Waals surface area contributed by atoms with Crippen LogP contribution in [0.25, 0.3) is 0 Å². The van der Waals surface area contributed by atoms with Gasteiger partial charge in [0.05, 0.1) is 0 Å². The molecule has 0 saturated heterocycles. The molecule has 15 heavy (non-hydrogen) atoms. The topological polar surface area (TPSA) is 69.4 Å². The van der Waals surface area contributed by atoms with Gasteiger partial charge in [-0.2, -0.15) is 0 Å². The Hall–Kier alpha value is -0.900. The lowest BCUT2D eigenvalue weighted by atomic mass is 9.81. The van der Waals surface area contributed by atoms with Gasteiger partial charge >= 0.3 is 5.97 Å². The number of carbonyl (C=O) groups excluding carboxylic acids is 2. The zero-order valence-corrected chi connectivity index (χ0v) is 9.63. The van der Waals surface area contributed by atoms with Gasteiger partial charge in [-0.15, -0.1) is 0 Å². The van der Waals surface area contributed by atoms with E-state index in [1.54, 1.807) is 20.8 Å². The van der Waals surface area contributed by atoms with Crippen LogP contribution in [-0.4, -0.2) is 22.9 Å². The standard InChI is InChI=1S/C11H19NO3/c1-10(2,3)15-9(14)11(12)7-5-4-6-8(11)13/h4-7,12H2,1-3H3/t11-/m1/s1. The summed E-state index contributed by atoms with van der Waals surface area (Å²) < 4.78 is 5.17. The van der Waals surface area contributed by atoms with E-state index in [4.69, 9.17) is 10.5 Å². The molecule has 0 aromatic heterocycles. The van der Waals surface area contributed by atoms with E-state index in [1.165, 1.54) is 0 Å². The van der Waals surface area contributed by atoms with Gasteiger partial charge < -0.3 is 10.5 Å². The second-order valence-electron chi connectivity index (χ2n) is 5.10. The average Bonchev–Trinajstić information content (AvgIpc) is 2.07. The lowest BCUT2D eigenvalue weighted by molar-refractivity contribution is -0.165. The normalized spacial score (nSPS) is 27.6. The number of ether oxygens (including phenoxy) is 1. The lowest BCUT2D eigenvalue weighted by Gasteiger charge is -2.32. The summed E-state index contributed by atoms with van der Waals surface area (Å²) in [5.74, 6) is -0.775. The Morgan fingerprint density at radius 2 is 2.00 bits per heavy atom. The number of nitrogens with two attached hydrogens (primary N) is 1. The number of esters is 1. The van der Waals surface area contributed by atoms with Gasteiger partial charge in [-0.3, -0.25) is 4.79 Å². The Kier molecular flexibility index (Phi) is 3.19. The van der Waals surface area contributed by atoms with Crippen LogP contribution in [0.2, 0.25) is 0 Å². The third kappa shape index (κ3) is 2.78. The Balaban J connectivity index is 2.76. The molecular formula is C11H19NO3. The van der Waals surface area contributed by atoms with Crippen LogP contribution in [0.3, 0.4) is 0 Å². The molecule has 1 atom stereocenters. The first-order valence-corrected chi connectivity index (χ1v) is 5.31. The minimum absolute atomic E-state index is 0.192. The largest absolute Gasteiger partial charge is 0.458 e. The summed E-state index contributed by atoms with van der Waals surface area (Å²) in [4.78, 5) is 23.4. The Morgan fingerprint density at radius 3 is 2.47 bits per heavy atom. The molecule has 0 aromatic rings. The maximum atomic E-state index is 11.8. The Labute approximate surface area is 90.2 Å². The summed E-state index contributed by atoms with van der Waals surface area (Å²) in [7, 11) is 0. The first-order valence-electron chi connectivity index (χ1n) is 5.31. The number of hydrogen-bond acceptors (Lipinski definition) is 4. The maximum absolute atomic E-state index is 11.8. The fraction of sp³-hybridized carbons (Fsp3) is 0.818. The zero-order valence-electron chi connectivity index (χ0n) is 9.63. The van der Waals surface area contributed by atoms with E-state index in [1.807, 2.05) is 0 Å². The number of Topliss-reactive ketones (excluding diaryl/α,β-unsaturated/α-hetero) is 1. The molecule has 0 radical (unpaired) electrons. The van der Waals surface area contributed by atoms with Crippen molar-refractivity contribution in [1.82, 2.24) is 0 Å². The molecule has 1 rings (SSSR count). The smallest absolute Gasteiger partial charge is 0.334 e. The van der Waals surface area contributed by atoms with E-state index in [2.05, 4.69) is 0 Å².